The van der Waals surface area contributed by atoms with Gasteiger partial charge in [0.25, 0.3) is 0 Å². The summed E-state index contributed by atoms with van der Waals surface area (Å²) in [7, 11) is 0. The summed E-state index contributed by atoms with van der Waals surface area (Å²) in [5.74, 6) is 0.120. The number of carbonyl (C=O) groups is 2. The minimum atomic E-state index is -0.560. The lowest BCUT2D eigenvalue weighted by Crippen LogP contribution is -2.32. The summed E-state index contributed by atoms with van der Waals surface area (Å²) in [4.78, 5) is 23.7. The number of ether oxygens (including phenoxy) is 1. The summed E-state index contributed by atoms with van der Waals surface area (Å²) in [6.45, 7) is 1.47. The molecule has 0 spiro atoms. The molecule has 1 aliphatic rings. The van der Waals surface area contributed by atoms with E-state index in [1.807, 2.05) is 0 Å². The zero-order chi connectivity index (χ0) is 11.1. The van der Waals surface area contributed by atoms with Gasteiger partial charge in [-0.25, -0.2) is 4.79 Å². The highest BCUT2D eigenvalue weighted by Gasteiger charge is 2.19. The van der Waals surface area contributed by atoms with Crippen molar-refractivity contribution in [3.8, 4) is 0 Å². The standard InChI is InChI=1S/C9H16N2O4/c12-6-3-10-9(14)15-7-5-11-4-1-2-8(11)13/h12H,1-7H2,(H,10,14). The van der Waals surface area contributed by atoms with Gasteiger partial charge in [0.05, 0.1) is 13.2 Å². The van der Waals surface area contributed by atoms with Crippen LogP contribution in [-0.4, -0.2) is 54.9 Å². The molecule has 0 aliphatic carbocycles. The van der Waals surface area contributed by atoms with Crippen molar-refractivity contribution in [3.05, 3.63) is 0 Å². The molecule has 1 rings (SSSR count). The molecule has 0 atom stereocenters. The summed E-state index contributed by atoms with van der Waals surface area (Å²) in [5, 5.41) is 10.8. The fourth-order valence-electron chi connectivity index (χ4n) is 1.40. The smallest absolute Gasteiger partial charge is 0.407 e. The Bertz CT molecular complexity index is 232. The number of nitrogens with zero attached hydrogens (tertiary/aromatic N) is 1. The molecular formula is C9H16N2O4. The average molecular weight is 216 g/mol. The highest BCUT2D eigenvalue weighted by molar-refractivity contribution is 5.78. The van der Waals surface area contributed by atoms with Gasteiger partial charge < -0.3 is 20.1 Å². The molecule has 0 aromatic heterocycles. The van der Waals surface area contributed by atoms with Crippen LogP contribution >= 0.6 is 0 Å². The van der Waals surface area contributed by atoms with Crippen LogP contribution in [-0.2, 0) is 9.53 Å². The molecular weight excluding hydrogens is 200 g/mol. The quantitative estimate of drug-likeness (QED) is 0.638. The molecule has 0 saturated carbocycles. The van der Waals surface area contributed by atoms with Crippen LogP contribution in [0.4, 0.5) is 4.79 Å². The fraction of sp³-hybridized carbons (Fsp3) is 0.778. The predicted molar refractivity (Wildman–Crippen MR) is 52.3 cm³/mol. The Morgan fingerprint density at radius 3 is 3.00 bits per heavy atom. The van der Waals surface area contributed by atoms with Crippen molar-refractivity contribution in [2.45, 2.75) is 12.8 Å². The number of amides is 2. The molecule has 6 heteroatoms. The Hall–Kier alpha value is -1.30. The Labute approximate surface area is 88.2 Å². The average Bonchev–Trinajstić information content (AvgIpc) is 2.61. The van der Waals surface area contributed by atoms with Crippen molar-refractivity contribution in [1.82, 2.24) is 10.2 Å². The van der Waals surface area contributed by atoms with Crippen LogP contribution in [0.15, 0.2) is 0 Å². The zero-order valence-corrected chi connectivity index (χ0v) is 8.57. The van der Waals surface area contributed by atoms with E-state index in [4.69, 9.17) is 9.84 Å². The molecule has 86 valence electrons. The summed E-state index contributed by atoms with van der Waals surface area (Å²) < 4.78 is 4.80. The van der Waals surface area contributed by atoms with E-state index in [1.165, 1.54) is 0 Å². The summed E-state index contributed by atoms with van der Waals surface area (Å²) >= 11 is 0. The van der Waals surface area contributed by atoms with Gasteiger partial charge in [0.1, 0.15) is 6.61 Å². The fourth-order valence-corrected chi connectivity index (χ4v) is 1.40. The van der Waals surface area contributed by atoms with Gasteiger partial charge in [0.2, 0.25) is 5.91 Å². The SMILES string of the molecule is O=C(NCCO)OCCN1CCCC1=O. The largest absolute Gasteiger partial charge is 0.448 e. The van der Waals surface area contributed by atoms with Gasteiger partial charge in [0.15, 0.2) is 0 Å². The van der Waals surface area contributed by atoms with Gasteiger partial charge in [0, 0.05) is 19.5 Å². The van der Waals surface area contributed by atoms with Crippen molar-refractivity contribution in [1.29, 1.82) is 0 Å². The Kier molecular flexibility index (Phi) is 4.89. The first-order chi connectivity index (χ1) is 7.24. The first-order valence-corrected chi connectivity index (χ1v) is 5.03. The number of nitrogens with one attached hydrogen (secondary N) is 1. The van der Waals surface area contributed by atoms with Crippen LogP contribution in [0.1, 0.15) is 12.8 Å². The summed E-state index contributed by atoms with van der Waals surface area (Å²) in [6, 6.07) is 0. The molecule has 1 saturated heterocycles. The molecule has 0 unspecified atom stereocenters. The lowest BCUT2D eigenvalue weighted by molar-refractivity contribution is -0.128. The van der Waals surface area contributed by atoms with Gasteiger partial charge in [-0.1, -0.05) is 0 Å². The monoisotopic (exact) mass is 216 g/mol. The first kappa shape index (κ1) is 11.8. The maximum absolute atomic E-state index is 11.2. The second-order valence-electron chi connectivity index (χ2n) is 3.27. The van der Waals surface area contributed by atoms with E-state index in [9.17, 15) is 9.59 Å². The normalized spacial score (nSPS) is 15.5. The third-order valence-corrected chi connectivity index (χ3v) is 2.15. The van der Waals surface area contributed by atoms with E-state index in [0.29, 0.717) is 13.0 Å². The van der Waals surface area contributed by atoms with Crippen LogP contribution < -0.4 is 5.32 Å². The first-order valence-electron chi connectivity index (χ1n) is 5.03. The molecule has 0 bridgehead atoms. The number of hydrogen-bond acceptors (Lipinski definition) is 4. The molecule has 0 aromatic rings. The minimum absolute atomic E-state index is 0.111. The number of likely N-dealkylation sites (tertiary alicyclic amines) is 1. The second kappa shape index (κ2) is 6.23. The zero-order valence-electron chi connectivity index (χ0n) is 8.57. The number of carbonyl (C=O) groups excluding carboxylic acids is 2. The van der Waals surface area contributed by atoms with Gasteiger partial charge in [-0.15, -0.1) is 0 Å². The predicted octanol–water partition coefficient (Wildman–Crippen LogP) is -0.673. The van der Waals surface area contributed by atoms with Gasteiger partial charge in [-0.3, -0.25) is 4.79 Å². The molecule has 2 N–H and O–H groups in total. The maximum Gasteiger partial charge on any atom is 0.407 e. The summed E-state index contributed by atoms with van der Waals surface area (Å²) in [6.07, 6.45) is 0.919. The van der Waals surface area contributed by atoms with Crippen LogP contribution in [0.2, 0.25) is 0 Å². The van der Waals surface area contributed by atoms with Crippen LogP contribution in [0, 0.1) is 0 Å². The molecule has 1 aliphatic heterocycles. The lowest BCUT2D eigenvalue weighted by Gasteiger charge is -2.15. The Balaban J connectivity index is 2.05. The third kappa shape index (κ3) is 4.16. The number of hydrogen-bond donors (Lipinski definition) is 2. The van der Waals surface area contributed by atoms with Crippen molar-refractivity contribution < 1.29 is 19.4 Å². The van der Waals surface area contributed by atoms with E-state index in [1.54, 1.807) is 4.90 Å². The van der Waals surface area contributed by atoms with Crippen molar-refractivity contribution in [3.63, 3.8) is 0 Å². The molecule has 2 amide bonds. The highest BCUT2D eigenvalue weighted by Crippen LogP contribution is 2.08. The number of aliphatic hydroxyl groups is 1. The van der Waals surface area contributed by atoms with Crippen molar-refractivity contribution in [2.75, 3.05) is 32.8 Å². The molecule has 1 heterocycles. The molecule has 0 radical (unpaired) electrons. The maximum atomic E-state index is 11.2. The molecule has 15 heavy (non-hydrogen) atoms. The topological polar surface area (TPSA) is 78.9 Å². The number of alkyl carbamates (subject to hydrolysis) is 1. The second-order valence-corrected chi connectivity index (χ2v) is 3.27. The van der Waals surface area contributed by atoms with Gasteiger partial charge >= 0.3 is 6.09 Å². The van der Waals surface area contributed by atoms with Gasteiger partial charge in [-0.2, -0.15) is 0 Å². The van der Waals surface area contributed by atoms with Crippen LogP contribution in [0.3, 0.4) is 0 Å². The number of aliphatic hydroxyl groups excluding tert-OH is 1. The summed E-state index contributed by atoms with van der Waals surface area (Å²) in [5.41, 5.74) is 0. The van der Waals surface area contributed by atoms with E-state index in [2.05, 4.69) is 5.32 Å². The van der Waals surface area contributed by atoms with Gasteiger partial charge in [-0.05, 0) is 6.42 Å². The van der Waals surface area contributed by atoms with Crippen molar-refractivity contribution >= 4 is 12.0 Å². The van der Waals surface area contributed by atoms with Crippen LogP contribution in [0.25, 0.3) is 0 Å². The highest BCUT2D eigenvalue weighted by atomic mass is 16.5. The van der Waals surface area contributed by atoms with Crippen molar-refractivity contribution in [2.24, 2.45) is 0 Å². The number of rotatable bonds is 5. The lowest BCUT2D eigenvalue weighted by atomic mass is 10.4. The molecule has 0 aromatic carbocycles. The van der Waals surface area contributed by atoms with E-state index < -0.39 is 6.09 Å². The van der Waals surface area contributed by atoms with E-state index in [0.717, 1.165) is 13.0 Å². The third-order valence-electron chi connectivity index (χ3n) is 2.15. The Morgan fingerprint density at radius 1 is 1.60 bits per heavy atom. The molecule has 6 nitrogen and oxygen atoms in total. The van der Waals surface area contributed by atoms with E-state index >= 15 is 0 Å². The van der Waals surface area contributed by atoms with Crippen LogP contribution in [0.5, 0.6) is 0 Å². The minimum Gasteiger partial charge on any atom is -0.448 e. The molecule has 1 fully saturated rings. The Morgan fingerprint density at radius 2 is 2.40 bits per heavy atom. The van der Waals surface area contributed by atoms with E-state index in [-0.39, 0.29) is 25.7 Å².